The van der Waals surface area contributed by atoms with Gasteiger partial charge in [0, 0.05) is 18.5 Å². The molecule has 0 fully saturated rings. The van der Waals surface area contributed by atoms with Crippen LogP contribution in [0.3, 0.4) is 0 Å². The van der Waals surface area contributed by atoms with E-state index in [1.807, 2.05) is 6.92 Å². The van der Waals surface area contributed by atoms with Crippen molar-refractivity contribution < 1.29 is 8.42 Å². The first-order valence-corrected chi connectivity index (χ1v) is 6.34. The van der Waals surface area contributed by atoms with Gasteiger partial charge >= 0.3 is 0 Å². The summed E-state index contributed by atoms with van der Waals surface area (Å²) in [5.41, 5.74) is 6.41. The van der Waals surface area contributed by atoms with Gasteiger partial charge in [-0.2, -0.15) is 0 Å². The lowest BCUT2D eigenvalue weighted by molar-refractivity contribution is 0.565. The zero-order chi connectivity index (χ0) is 10.9. The molecule has 1 aromatic heterocycles. The van der Waals surface area contributed by atoms with Crippen molar-refractivity contribution in [2.45, 2.75) is 19.9 Å². The van der Waals surface area contributed by atoms with Crippen LogP contribution in [0.15, 0.2) is 6.20 Å². The number of sulfone groups is 1. The Morgan fingerprint density at radius 1 is 1.64 bits per heavy atom. The predicted molar refractivity (Wildman–Crippen MR) is 55.8 cm³/mol. The van der Waals surface area contributed by atoms with Gasteiger partial charge in [0.25, 0.3) is 0 Å². The van der Waals surface area contributed by atoms with Crippen molar-refractivity contribution in [1.82, 2.24) is 9.55 Å². The minimum Gasteiger partial charge on any atom is -0.369 e. The van der Waals surface area contributed by atoms with E-state index < -0.39 is 9.84 Å². The lowest BCUT2D eigenvalue weighted by atomic mass is 10.4. The van der Waals surface area contributed by atoms with Crippen molar-refractivity contribution in [2.75, 3.05) is 17.7 Å². The summed E-state index contributed by atoms with van der Waals surface area (Å²) in [7, 11) is -2.98. The molecule has 0 spiro atoms. The molecule has 2 N–H and O–H groups in total. The van der Waals surface area contributed by atoms with Crippen LogP contribution in [0.2, 0.25) is 0 Å². The summed E-state index contributed by atoms with van der Waals surface area (Å²) in [6, 6.07) is -0.175. The molecule has 0 amide bonds. The molecule has 6 heteroatoms. The molecule has 0 saturated heterocycles. The van der Waals surface area contributed by atoms with Crippen LogP contribution in [0.25, 0.3) is 0 Å². The second-order valence-corrected chi connectivity index (χ2v) is 5.77. The van der Waals surface area contributed by atoms with Crippen LogP contribution in [0.4, 0.5) is 5.95 Å². The molecular weight excluding hydrogens is 202 g/mol. The van der Waals surface area contributed by atoms with Crippen molar-refractivity contribution in [3.05, 3.63) is 11.9 Å². The highest BCUT2D eigenvalue weighted by molar-refractivity contribution is 7.90. The SMILES string of the molecule is Cc1cn(C(C)CS(C)(=O)=O)c(N)n1. The molecule has 0 saturated carbocycles. The number of hydrogen-bond acceptors (Lipinski definition) is 4. The molecule has 5 nitrogen and oxygen atoms in total. The van der Waals surface area contributed by atoms with Crippen LogP contribution in [0, 0.1) is 6.92 Å². The molecule has 80 valence electrons. The van der Waals surface area contributed by atoms with E-state index >= 15 is 0 Å². The van der Waals surface area contributed by atoms with Gasteiger partial charge in [-0.1, -0.05) is 0 Å². The van der Waals surface area contributed by atoms with Crippen LogP contribution < -0.4 is 5.73 Å². The topological polar surface area (TPSA) is 78.0 Å². The molecule has 1 heterocycles. The third-order valence-electron chi connectivity index (χ3n) is 1.90. The van der Waals surface area contributed by atoms with E-state index in [0.717, 1.165) is 5.69 Å². The number of rotatable bonds is 3. The fourth-order valence-corrected chi connectivity index (χ4v) is 2.44. The van der Waals surface area contributed by atoms with Gasteiger partial charge < -0.3 is 10.3 Å². The standard InChI is InChI=1S/C8H15N3O2S/c1-6-4-11(8(9)10-6)7(2)5-14(3,12)13/h4,7H,5H2,1-3H3,(H2,9,10). The first-order valence-electron chi connectivity index (χ1n) is 4.28. The minimum absolute atomic E-state index is 0.0764. The summed E-state index contributed by atoms with van der Waals surface area (Å²) >= 11 is 0. The average Bonchev–Trinajstić information content (AvgIpc) is 2.26. The number of hydrogen-bond donors (Lipinski definition) is 1. The number of anilines is 1. The van der Waals surface area contributed by atoms with E-state index in [-0.39, 0.29) is 11.8 Å². The molecule has 1 aromatic rings. The first kappa shape index (κ1) is 11.0. The number of nitrogens with zero attached hydrogens (tertiary/aromatic N) is 2. The lowest BCUT2D eigenvalue weighted by Crippen LogP contribution is -2.17. The van der Waals surface area contributed by atoms with Crippen LogP contribution >= 0.6 is 0 Å². The zero-order valence-corrected chi connectivity index (χ0v) is 9.37. The van der Waals surface area contributed by atoms with Gasteiger partial charge in [0.1, 0.15) is 9.84 Å². The quantitative estimate of drug-likeness (QED) is 0.794. The first-order chi connectivity index (χ1) is 6.29. The number of aryl methyl sites for hydroxylation is 1. The van der Waals surface area contributed by atoms with E-state index in [2.05, 4.69) is 4.98 Å². The van der Waals surface area contributed by atoms with E-state index in [9.17, 15) is 8.42 Å². The van der Waals surface area contributed by atoms with E-state index in [4.69, 9.17) is 5.73 Å². The number of nitrogen functional groups attached to an aromatic ring is 1. The Morgan fingerprint density at radius 3 is 2.57 bits per heavy atom. The molecule has 0 bridgehead atoms. The van der Waals surface area contributed by atoms with Gasteiger partial charge in [-0.05, 0) is 13.8 Å². The predicted octanol–water partition coefficient (Wildman–Crippen LogP) is 0.379. The molecule has 0 aliphatic carbocycles. The van der Waals surface area contributed by atoms with Crippen LogP contribution in [0.1, 0.15) is 18.7 Å². The Hall–Kier alpha value is -1.04. The Bertz CT molecular complexity index is 422. The smallest absolute Gasteiger partial charge is 0.200 e. The van der Waals surface area contributed by atoms with Crippen molar-refractivity contribution in [2.24, 2.45) is 0 Å². The van der Waals surface area contributed by atoms with Crippen molar-refractivity contribution >= 4 is 15.8 Å². The summed E-state index contributed by atoms with van der Waals surface area (Å²) in [6.07, 6.45) is 2.97. The highest BCUT2D eigenvalue weighted by atomic mass is 32.2. The highest BCUT2D eigenvalue weighted by Crippen LogP contribution is 2.14. The van der Waals surface area contributed by atoms with E-state index in [0.29, 0.717) is 5.95 Å². The minimum atomic E-state index is -2.98. The van der Waals surface area contributed by atoms with Gasteiger partial charge in [-0.3, -0.25) is 0 Å². The second-order valence-electron chi connectivity index (χ2n) is 3.59. The summed E-state index contributed by atoms with van der Waals surface area (Å²) in [5.74, 6) is 0.436. The summed E-state index contributed by atoms with van der Waals surface area (Å²) in [5, 5.41) is 0. The maximum atomic E-state index is 11.1. The Labute approximate surface area is 83.9 Å². The molecule has 14 heavy (non-hydrogen) atoms. The Balaban J connectivity index is 2.90. The second kappa shape index (κ2) is 3.61. The van der Waals surface area contributed by atoms with Crippen LogP contribution in [-0.4, -0.2) is 30.0 Å². The largest absolute Gasteiger partial charge is 0.369 e. The summed E-state index contributed by atoms with van der Waals surface area (Å²) < 4.78 is 23.8. The van der Waals surface area contributed by atoms with Crippen molar-refractivity contribution in [3.63, 3.8) is 0 Å². The highest BCUT2D eigenvalue weighted by Gasteiger charge is 2.14. The zero-order valence-electron chi connectivity index (χ0n) is 8.56. The van der Waals surface area contributed by atoms with Gasteiger partial charge in [0.2, 0.25) is 5.95 Å². The van der Waals surface area contributed by atoms with Crippen molar-refractivity contribution in [1.29, 1.82) is 0 Å². The molecule has 0 aliphatic rings. The molecule has 0 radical (unpaired) electrons. The fraction of sp³-hybridized carbons (Fsp3) is 0.625. The van der Waals surface area contributed by atoms with E-state index in [1.54, 1.807) is 17.7 Å². The normalized spacial score (nSPS) is 14.2. The number of aromatic nitrogens is 2. The maximum absolute atomic E-state index is 11.1. The Kier molecular flexibility index (Phi) is 2.84. The fourth-order valence-electron chi connectivity index (χ4n) is 1.41. The average molecular weight is 217 g/mol. The summed E-state index contributed by atoms with van der Waals surface area (Å²) in [4.78, 5) is 4.01. The molecule has 1 atom stereocenters. The molecule has 0 aromatic carbocycles. The van der Waals surface area contributed by atoms with Gasteiger partial charge in [-0.25, -0.2) is 13.4 Å². The number of nitrogens with two attached hydrogens (primary N) is 1. The van der Waals surface area contributed by atoms with Gasteiger partial charge in [0.05, 0.1) is 11.4 Å². The third kappa shape index (κ3) is 2.73. The third-order valence-corrected chi connectivity index (χ3v) is 2.99. The maximum Gasteiger partial charge on any atom is 0.200 e. The van der Waals surface area contributed by atoms with E-state index in [1.165, 1.54) is 6.26 Å². The van der Waals surface area contributed by atoms with Gasteiger partial charge in [0.15, 0.2) is 0 Å². The summed E-state index contributed by atoms with van der Waals surface area (Å²) in [6.45, 7) is 3.62. The van der Waals surface area contributed by atoms with Crippen LogP contribution in [0.5, 0.6) is 0 Å². The molecular formula is C8H15N3O2S. The molecule has 0 aliphatic heterocycles. The number of imidazole rings is 1. The monoisotopic (exact) mass is 217 g/mol. The van der Waals surface area contributed by atoms with Crippen molar-refractivity contribution in [3.8, 4) is 0 Å². The molecule has 1 unspecified atom stereocenters. The lowest BCUT2D eigenvalue weighted by Gasteiger charge is -2.12. The van der Waals surface area contributed by atoms with Crippen LogP contribution in [-0.2, 0) is 9.84 Å². The van der Waals surface area contributed by atoms with Gasteiger partial charge in [-0.15, -0.1) is 0 Å². The Morgan fingerprint density at radius 2 is 2.21 bits per heavy atom. The molecule has 1 rings (SSSR count).